The van der Waals surface area contributed by atoms with Gasteiger partial charge in [-0.05, 0) is 48.0 Å². The number of aromatic nitrogens is 3. The van der Waals surface area contributed by atoms with Gasteiger partial charge >= 0.3 is 6.18 Å². The number of hydrogen-bond acceptors (Lipinski definition) is 6. The third-order valence-electron chi connectivity index (χ3n) is 6.71. The summed E-state index contributed by atoms with van der Waals surface area (Å²) in [6.07, 6.45) is -2.84. The number of carbonyl (C=O) groups is 1. The molecule has 4 aromatic rings. The number of halogens is 3. The molecule has 1 N–H and O–H groups in total. The molecule has 0 unspecified atom stereocenters. The predicted molar refractivity (Wildman–Crippen MR) is 139 cm³/mol. The number of benzene rings is 1. The predicted octanol–water partition coefficient (Wildman–Crippen LogP) is 6.24. The lowest BCUT2D eigenvalue weighted by Gasteiger charge is -2.37. The molecule has 3 aromatic heterocycles. The molecule has 4 heterocycles. The highest BCUT2D eigenvalue weighted by atomic mass is 19.4. The normalized spacial score (nSPS) is 15.0. The van der Waals surface area contributed by atoms with Gasteiger partial charge in [0.05, 0.1) is 29.2 Å². The fourth-order valence-electron chi connectivity index (χ4n) is 4.79. The number of ether oxygens (including phenoxy) is 1. The maximum atomic E-state index is 13.6. The van der Waals surface area contributed by atoms with Gasteiger partial charge in [0.1, 0.15) is 5.69 Å². The van der Waals surface area contributed by atoms with Crippen LogP contribution in [0.1, 0.15) is 37.1 Å². The van der Waals surface area contributed by atoms with Crippen LogP contribution in [0.2, 0.25) is 0 Å². The fraction of sp³-hybridized carbons (Fsp3) is 0.286. The van der Waals surface area contributed by atoms with Crippen LogP contribution >= 0.6 is 0 Å². The quantitative estimate of drug-likeness (QED) is 0.335. The van der Waals surface area contributed by atoms with E-state index < -0.39 is 11.7 Å². The van der Waals surface area contributed by atoms with Crippen LogP contribution in [0.25, 0.3) is 22.4 Å². The number of nitrogens with zero attached hydrogens (tertiary/aromatic N) is 4. The summed E-state index contributed by atoms with van der Waals surface area (Å²) in [5, 5.41) is 4.00. The van der Waals surface area contributed by atoms with E-state index in [0.29, 0.717) is 23.2 Å². The Morgan fingerprint density at radius 3 is 2.63 bits per heavy atom. The van der Waals surface area contributed by atoms with E-state index in [-0.39, 0.29) is 35.0 Å². The van der Waals surface area contributed by atoms with Crippen molar-refractivity contribution < 1.29 is 22.7 Å². The third kappa shape index (κ3) is 4.67. The van der Waals surface area contributed by atoms with Crippen molar-refractivity contribution in [3.63, 3.8) is 0 Å². The Morgan fingerprint density at radius 1 is 1.11 bits per heavy atom. The molecule has 0 saturated heterocycles. The third-order valence-corrected chi connectivity index (χ3v) is 6.71. The van der Waals surface area contributed by atoms with Crippen LogP contribution in [0.15, 0.2) is 54.7 Å². The van der Waals surface area contributed by atoms with Gasteiger partial charge in [0.2, 0.25) is 5.91 Å². The van der Waals surface area contributed by atoms with Crippen LogP contribution in [0.5, 0.6) is 0 Å². The number of rotatable bonds is 5. The fourth-order valence-corrected chi connectivity index (χ4v) is 4.79. The first-order valence-electron chi connectivity index (χ1n) is 12.0. The van der Waals surface area contributed by atoms with E-state index >= 15 is 0 Å². The maximum Gasteiger partial charge on any atom is 0.418 e. The van der Waals surface area contributed by atoms with Crippen molar-refractivity contribution in [1.29, 1.82) is 0 Å². The summed E-state index contributed by atoms with van der Waals surface area (Å²) in [6, 6.07) is 13.1. The molecule has 0 bridgehead atoms. The van der Waals surface area contributed by atoms with E-state index in [0.717, 1.165) is 23.0 Å². The first-order valence-corrected chi connectivity index (χ1v) is 12.0. The summed E-state index contributed by atoms with van der Waals surface area (Å²) in [4.78, 5) is 27.2. The summed E-state index contributed by atoms with van der Waals surface area (Å²) in [5.41, 5.74) is 2.75. The number of anilines is 3. The lowest BCUT2D eigenvalue weighted by molar-refractivity contribution is -0.137. The van der Waals surface area contributed by atoms with E-state index in [9.17, 15) is 18.0 Å². The van der Waals surface area contributed by atoms with Gasteiger partial charge in [0.25, 0.3) is 0 Å². The Labute approximate surface area is 217 Å². The van der Waals surface area contributed by atoms with E-state index in [2.05, 4.69) is 20.3 Å². The molecule has 0 radical (unpaired) electrons. The highest BCUT2D eigenvalue weighted by Crippen LogP contribution is 2.42. The van der Waals surface area contributed by atoms with Crippen molar-refractivity contribution >= 4 is 34.0 Å². The summed E-state index contributed by atoms with van der Waals surface area (Å²) in [7, 11) is 3.29. The molecule has 1 amide bonds. The summed E-state index contributed by atoms with van der Waals surface area (Å²) >= 11 is 0. The van der Waals surface area contributed by atoms with Crippen LogP contribution in [-0.4, -0.2) is 35.0 Å². The Bertz CT molecular complexity index is 1550. The lowest BCUT2D eigenvalue weighted by Crippen LogP contribution is -2.39. The molecule has 0 atom stereocenters. The average Bonchev–Trinajstić information content (AvgIpc) is 2.86. The van der Waals surface area contributed by atoms with E-state index in [4.69, 9.17) is 4.74 Å². The zero-order valence-electron chi connectivity index (χ0n) is 21.3. The van der Waals surface area contributed by atoms with Crippen molar-refractivity contribution in [2.45, 2.75) is 38.5 Å². The maximum absolute atomic E-state index is 13.6. The number of amides is 1. The first-order chi connectivity index (χ1) is 18.0. The topological polar surface area (TPSA) is 80.2 Å². The molecule has 196 valence electrons. The standard InChI is InChI=1S/C28H26F3N5O2/c1-27(2)14-24(37)36(3)23-13-16(7-9-19(23)27)33-22-12-17(15-38-4)34-26-18(22)8-10-21(35-26)25-20(28(29,30)31)6-5-11-32-25/h5-13H,14-15H2,1-4H3,(H,33,34,35). The highest BCUT2D eigenvalue weighted by Gasteiger charge is 2.36. The molecule has 1 aromatic carbocycles. The smallest absolute Gasteiger partial charge is 0.378 e. The van der Waals surface area contributed by atoms with Crippen LogP contribution in [0, 0.1) is 0 Å². The van der Waals surface area contributed by atoms with Crippen LogP contribution in [0.4, 0.5) is 30.2 Å². The van der Waals surface area contributed by atoms with Crippen molar-refractivity contribution in [1.82, 2.24) is 15.0 Å². The Morgan fingerprint density at radius 2 is 1.89 bits per heavy atom. The van der Waals surface area contributed by atoms with Gasteiger partial charge in [0, 0.05) is 49.0 Å². The second-order valence-corrected chi connectivity index (χ2v) is 9.93. The molecule has 0 fully saturated rings. The summed E-state index contributed by atoms with van der Waals surface area (Å²) in [5.74, 6) is 0.0425. The number of pyridine rings is 3. The molecule has 0 aliphatic carbocycles. The van der Waals surface area contributed by atoms with E-state index in [1.807, 2.05) is 38.1 Å². The minimum Gasteiger partial charge on any atom is -0.378 e. The van der Waals surface area contributed by atoms with E-state index in [1.54, 1.807) is 18.0 Å². The lowest BCUT2D eigenvalue weighted by atomic mass is 9.77. The molecule has 10 heteroatoms. The number of alkyl halides is 3. The average molecular weight is 522 g/mol. The minimum atomic E-state index is -4.58. The second kappa shape index (κ2) is 9.36. The molecular weight excluding hydrogens is 495 g/mol. The van der Waals surface area contributed by atoms with Gasteiger partial charge in [-0.1, -0.05) is 19.9 Å². The van der Waals surface area contributed by atoms with Gasteiger partial charge in [0.15, 0.2) is 5.65 Å². The van der Waals surface area contributed by atoms with Gasteiger partial charge in [-0.3, -0.25) is 9.78 Å². The number of carbonyl (C=O) groups excluding carboxylic acids is 1. The highest BCUT2D eigenvalue weighted by molar-refractivity contribution is 5.98. The van der Waals surface area contributed by atoms with Crippen LogP contribution in [-0.2, 0) is 27.7 Å². The van der Waals surface area contributed by atoms with Crippen molar-refractivity contribution in [3.05, 3.63) is 71.5 Å². The van der Waals surface area contributed by atoms with Crippen LogP contribution in [0.3, 0.4) is 0 Å². The Kier molecular flexibility index (Phi) is 6.30. The number of methoxy groups -OCH3 is 1. The van der Waals surface area contributed by atoms with Crippen molar-refractivity contribution in [2.24, 2.45) is 0 Å². The monoisotopic (exact) mass is 521 g/mol. The van der Waals surface area contributed by atoms with Gasteiger partial charge < -0.3 is 15.0 Å². The molecule has 1 aliphatic rings. The second-order valence-electron chi connectivity index (χ2n) is 9.93. The van der Waals surface area contributed by atoms with Gasteiger partial charge in [-0.15, -0.1) is 0 Å². The molecule has 7 nitrogen and oxygen atoms in total. The van der Waals surface area contributed by atoms with E-state index in [1.165, 1.54) is 25.4 Å². The van der Waals surface area contributed by atoms with Gasteiger partial charge in [-0.2, -0.15) is 13.2 Å². The Hall–Kier alpha value is -4.05. The summed E-state index contributed by atoms with van der Waals surface area (Å²) in [6.45, 7) is 4.28. The number of fused-ring (bicyclic) bond motifs is 2. The summed E-state index contributed by atoms with van der Waals surface area (Å²) < 4.78 is 46.1. The molecule has 5 rings (SSSR count). The molecule has 0 saturated carbocycles. The van der Waals surface area contributed by atoms with Crippen molar-refractivity contribution in [3.8, 4) is 11.4 Å². The SMILES string of the molecule is COCc1cc(Nc2ccc3c(c2)N(C)C(=O)CC3(C)C)c2ccc(-c3ncccc3C(F)(F)F)nc2n1. The molecule has 1 aliphatic heterocycles. The minimum absolute atomic E-state index is 0.0425. The zero-order valence-corrected chi connectivity index (χ0v) is 21.3. The zero-order chi connectivity index (χ0) is 27.2. The first kappa shape index (κ1) is 25.6. The Balaban J connectivity index is 1.60. The molecule has 38 heavy (non-hydrogen) atoms. The number of nitrogens with one attached hydrogen (secondary N) is 1. The molecule has 0 spiro atoms. The largest absolute Gasteiger partial charge is 0.418 e. The number of hydrogen-bond donors (Lipinski definition) is 1. The van der Waals surface area contributed by atoms with Crippen molar-refractivity contribution in [2.75, 3.05) is 24.4 Å². The van der Waals surface area contributed by atoms with Crippen LogP contribution < -0.4 is 10.2 Å². The molecular formula is C28H26F3N5O2. The van der Waals surface area contributed by atoms with Gasteiger partial charge in [-0.25, -0.2) is 9.97 Å².